The van der Waals surface area contributed by atoms with E-state index in [1.54, 1.807) is 6.21 Å². The Morgan fingerprint density at radius 3 is 2.39 bits per heavy atom. The fraction of sp³-hybridized carbons (Fsp3) is 0.0417. The van der Waals surface area contributed by atoms with Gasteiger partial charge < -0.3 is 10.5 Å². The third-order valence-electron chi connectivity index (χ3n) is 4.56. The summed E-state index contributed by atoms with van der Waals surface area (Å²) in [7, 11) is 0. The Bertz CT molecular complexity index is 1170. The topological polar surface area (TPSA) is 94.5 Å². The molecule has 1 aromatic heterocycles. The smallest absolute Gasteiger partial charge is 0.276 e. The predicted octanol–water partition coefficient (Wildman–Crippen LogP) is 3.80. The van der Waals surface area contributed by atoms with Gasteiger partial charge in [0.05, 0.1) is 18.1 Å². The van der Waals surface area contributed by atoms with Crippen molar-refractivity contribution >= 4 is 17.9 Å². The van der Waals surface area contributed by atoms with Gasteiger partial charge in [-0.25, -0.2) is 10.1 Å². The van der Waals surface area contributed by atoms with Crippen molar-refractivity contribution in [2.45, 2.75) is 6.61 Å². The van der Waals surface area contributed by atoms with Crippen molar-refractivity contribution in [3.8, 4) is 11.4 Å². The van der Waals surface area contributed by atoms with Crippen LogP contribution in [0.2, 0.25) is 0 Å². The lowest BCUT2D eigenvalue weighted by atomic mass is 10.2. The van der Waals surface area contributed by atoms with Crippen LogP contribution in [0.4, 0.5) is 5.82 Å². The van der Waals surface area contributed by atoms with Crippen LogP contribution in [0.3, 0.4) is 0 Å². The number of hydrazone groups is 1. The summed E-state index contributed by atoms with van der Waals surface area (Å²) in [4.78, 5) is 12.4. The molecule has 31 heavy (non-hydrogen) atoms. The summed E-state index contributed by atoms with van der Waals surface area (Å²) in [6, 6.07) is 26.7. The third kappa shape index (κ3) is 4.97. The van der Waals surface area contributed by atoms with E-state index in [-0.39, 0.29) is 11.4 Å². The van der Waals surface area contributed by atoms with Crippen LogP contribution in [0.5, 0.6) is 5.75 Å². The first-order valence-corrected chi connectivity index (χ1v) is 9.70. The number of anilines is 1. The molecule has 4 rings (SSSR count). The minimum absolute atomic E-state index is 0.249. The van der Waals surface area contributed by atoms with E-state index < -0.39 is 5.91 Å². The highest BCUT2D eigenvalue weighted by Crippen LogP contribution is 2.17. The average molecular weight is 411 g/mol. The summed E-state index contributed by atoms with van der Waals surface area (Å²) < 4.78 is 7.27. The highest BCUT2D eigenvalue weighted by Gasteiger charge is 2.15. The molecule has 3 aromatic carbocycles. The van der Waals surface area contributed by atoms with Gasteiger partial charge in [-0.2, -0.15) is 10.2 Å². The van der Waals surface area contributed by atoms with Gasteiger partial charge in [-0.05, 0) is 47.5 Å². The highest BCUT2D eigenvalue weighted by atomic mass is 16.5. The maximum absolute atomic E-state index is 12.4. The molecule has 0 aliphatic heterocycles. The lowest BCUT2D eigenvalue weighted by molar-refractivity contribution is 0.0956. The van der Waals surface area contributed by atoms with Crippen LogP contribution in [0.15, 0.2) is 96.2 Å². The van der Waals surface area contributed by atoms with Crippen LogP contribution in [0, 0.1) is 0 Å². The zero-order chi connectivity index (χ0) is 21.5. The predicted molar refractivity (Wildman–Crippen MR) is 120 cm³/mol. The molecule has 0 fully saturated rings. The van der Waals surface area contributed by atoms with E-state index in [1.165, 1.54) is 10.9 Å². The average Bonchev–Trinajstić information content (AvgIpc) is 3.21. The molecule has 0 atom stereocenters. The number of para-hydroxylation sites is 1. The minimum Gasteiger partial charge on any atom is -0.489 e. The lowest BCUT2D eigenvalue weighted by Crippen LogP contribution is -2.18. The number of nitrogens with one attached hydrogen (secondary N) is 1. The van der Waals surface area contributed by atoms with Crippen molar-refractivity contribution in [3.63, 3.8) is 0 Å². The van der Waals surface area contributed by atoms with Gasteiger partial charge in [0.15, 0.2) is 0 Å². The second-order valence-corrected chi connectivity index (χ2v) is 6.73. The van der Waals surface area contributed by atoms with Gasteiger partial charge in [0.25, 0.3) is 5.91 Å². The molecule has 3 N–H and O–H groups in total. The molecule has 0 saturated heterocycles. The molecule has 0 saturated carbocycles. The zero-order valence-corrected chi connectivity index (χ0v) is 16.7. The van der Waals surface area contributed by atoms with Gasteiger partial charge in [-0.15, -0.1) is 0 Å². The first kappa shape index (κ1) is 19.9. The molecular formula is C24H21N5O2. The molecule has 7 nitrogen and oxygen atoms in total. The number of aromatic nitrogens is 2. The molecule has 154 valence electrons. The van der Waals surface area contributed by atoms with Crippen molar-refractivity contribution in [1.29, 1.82) is 0 Å². The highest BCUT2D eigenvalue weighted by molar-refractivity contribution is 5.98. The zero-order valence-electron chi connectivity index (χ0n) is 16.7. The SMILES string of the molecule is Nc1c(C(=O)N/N=C/c2ccc(OCc3ccccc3)cc2)cnn1-c1ccccc1. The molecule has 4 aromatic rings. The van der Waals surface area contributed by atoms with Gasteiger partial charge >= 0.3 is 0 Å². The number of carbonyl (C=O) groups is 1. The molecule has 0 unspecified atom stereocenters. The monoisotopic (exact) mass is 411 g/mol. The van der Waals surface area contributed by atoms with Crippen molar-refractivity contribution in [2.75, 3.05) is 5.73 Å². The number of benzene rings is 3. The molecule has 0 aliphatic carbocycles. The van der Waals surface area contributed by atoms with Crippen LogP contribution in [0.25, 0.3) is 5.69 Å². The van der Waals surface area contributed by atoms with Gasteiger partial charge in [0.1, 0.15) is 23.7 Å². The summed E-state index contributed by atoms with van der Waals surface area (Å²) in [6.07, 6.45) is 2.97. The van der Waals surface area contributed by atoms with Crippen LogP contribution in [0.1, 0.15) is 21.5 Å². The summed E-state index contributed by atoms with van der Waals surface area (Å²) in [5, 5.41) is 8.19. The molecule has 0 aliphatic rings. The summed E-state index contributed by atoms with van der Waals surface area (Å²) >= 11 is 0. The Labute approximate surface area is 179 Å². The number of ether oxygens (including phenoxy) is 1. The molecule has 1 amide bonds. The molecule has 0 radical (unpaired) electrons. The van der Waals surface area contributed by atoms with E-state index in [0.717, 1.165) is 22.6 Å². The van der Waals surface area contributed by atoms with Crippen LogP contribution >= 0.6 is 0 Å². The normalized spacial score (nSPS) is 10.8. The summed E-state index contributed by atoms with van der Waals surface area (Å²) in [5.74, 6) is 0.573. The van der Waals surface area contributed by atoms with Crippen LogP contribution in [-0.4, -0.2) is 21.9 Å². The molecule has 7 heteroatoms. The standard InChI is InChI=1S/C24H21N5O2/c25-23-22(16-27-29(23)20-9-5-2-6-10-20)24(30)28-26-15-18-11-13-21(14-12-18)31-17-19-7-3-1-4-8-19/h1-16H,17,25H2,(H,28,30)/b26-15+. The van der Waals surface area contributed by atoms with E-state index in [1.807, 2.05) is 84.9 Å². The maximum atomic E-state index is 12.4. The van der Waals surface area contributed by atoms with E-state index in [4.69, 9.17) is 10.5 Å². The number of hydrogen-bond donors (Lipinski definition) is 2. The number of nitrogen functional groups attached to an aromatic ring is 1. The Morgan fingerprint density at radius 1 is 1.00 bits per heavy atom. The second-order valence-electron chi connectivity index (χ2n) is 6.73. The van der Waals surface area contributed by atoms with Crippen LogP contribution in [-0.2, 0) is 6.61 Å². The third-order valence-corrected chi connectivity index (χ3v) is 4.56. The fourth-order valence-corrected chi connectivity index (χ4v) is 2.92. The summed E-state index contributed by atoms with van der Waals surface area (Å²) in [5.41, 5.74) is 11.5. The molecule has 1 heterocycles. The van der Waals surface area contributed by atoms with Gasteiger partial charge in [0.2, 0.25) is 0 Å². The minimum atomic E-state index is -0.432. The molecule has 0 spiro atoms. The number of carbonyl (C=O) groups excluding carboxylic acids is 1. The van der Waals surface area contributed by atoms with Crippen molar-refractivity contribution < 1.29 is 9.53 Å². The van der Waals surface area contributed by atoms with Crippen molar-refractivity contribution in [3.05, 3.63) is 108 Å². The number of hydrogen-bond acceptors (Lipinski definition) is 5. The maximum Gasteiger partial charge on any atom is 0.276 e. The lowest BCUT2D eigenvalue weighted by Gasteiger charge is -2.06. The van der Waals surface area contributed by atoms with E-state index in [9.17, 15) is 4.79 Å². The molecular weight excluding hydrogens is 390 g/mol. The number of nitrogens with two attached hydrogens (primary N) is 1. The van der Waals surface area contributed by atoms with E-state index in [2.05, 4.69) is 15.6 Å². The largest absolute Gasteiger partial charge is 0.489 e. The number of nitrogens with zero attached hydrogens (tertiary/aromatic N) is 3. The van der Waals surface area contributed by atoms with Crippen molar-refractivity contribution in [1.82, 2.24) is 15.2 Å². The first-order chi connectivity index (χ1) is 15.2. The Hall–Kier alpha value is -4.39. The van der Waals surface area contributed by atoms with Gasteiger partial charge in [0, 0.05) is 0 Å². The second kappa shape index (κ2) is 9.41. The summed E-state index contributed by atoms with van der Waals surface area (Å²) in [6.45, 7) is 0.502. The number of amides is 1. The van der Waals surface area contributed by atoms with Gasteiger partial charge in [-0.3, -0.25) is 4.79 Å². The number of rotatable bonds is 7. The quantitative estimate of drug-likeness (QED) is 0.357. The first-order valence-electron chi connectivity index (χ1n) is 9.70. The van der Waals surface area contributed by atoms with Crippen LogP contribution < -0.4 is 15.9 Å². The van der Waals surface area contributed by atoms with Crippen molar-refractivity contribution in [2.24, 2.45) is 5.10 Å². The molecule has 0 bridgehead atoms. The Balaban J connectivity index is 1.33. The Kier molecular flexibility index (Phi) is 6.04. The van der Waals surface area contributed by atoms with Gasteiger partial charge in [-0.1, -0.05) is 48.5 Å². The van der Waals surface area contributed by atoms with E-state index >= 15 is 0 Å². The fourth-order valence-electron chi connectivity index (χ4n) is 2.92. The van der Waals surface area contributed by atoms with E-state index in [0.29, 0.717) is 6.61 Å². The Morgan fingerprint density at radius 2 is 1.68 bits per heavy atom.